The van der Waals surface area contributed by atoms with E-state index in [0.717, 1.165) is 16.8 Å². The average Bonchev–Trinajstić information content (AvgIpc) is 3.21. The number of hydrogen-bond donors (Lipinski definition) is 3. The molecule has 0 radical (unpaired) electrons. The molecule has 1 aromatic heterocycles. The van der Waals surface area contributed by atoms with Crippen molar-refractivity contribution in [3.05, 3.63) is 82.2 Å². The molecule has 3 N–H and O–H groups in total. The normalized spacial score (nSPS) is 14.4. The Hall–Kier alpha value is -3.65. The second kappa shape index (κ2) is 8.71. The van der Waals surface area contributed by atoms with Gasteiger partial charge >= 0.3 is 5.97 Å². The van der Waals surface area contributed by atoms with Gasteiger partial charge in [-0.25, -0.2) is 8.42 Å². The number of fused-ring (bicyclic) bond motifs is 1. The van der Waals surface area contributed by atoms with E-state index in [2.05, 4.69) is 10.3 Å². The Morgan fingerprint density at radius 3 is 2.52 bits per heavy atom. The van der Waals surface area contributed by atoms with Gasteiger partial charge in [0.25, 0.3) is 5.91 Å². The lowest BCUT2D eigenvalue weighted by molar-refractivity contribution is -0.137. The lowest BCUT2D eigenvalue weighted by Gasteiger charge is -2.07. The summed E-state index contributed by atoms with van der Waals surface area (Å²) >= 11 is 0. The molecule has 0 saturated carbocycles. The van der Waals surface area contributed by atoms with Crippen molar-refractivity contribution in [1.29, 1.82) is 0 Å². The summed E-state index contributed by atoms with van der Waals surface area (Å²) in [6, 6.07) is 13.6. The van der Waals surface area contributed by atoms with Gasteiger partial charge in [-0.1, -0.05) is 30.3 Å². The maximum Gasteiger partial charge on any atom is 0.303 e. The summed E-state index contributed by atoms with van der Waals surface area (Å²) in [4.78, 5) is 27.0. The predicted molar refractivity (Wildman–Crippen MR) is 126 cm³/mol. The van der Waals surface area contributed by atoms with Crippen LogP contribution in [0.4, 0.5) is 5.69 Å². The largest absolute Gasteiger partial charge is 0.481 e. The zero-order chi connectivity index (χ0) is 23.8. The van der Waals surface area contributed by atoms with Crippen LogP contribution in [0, 0.1) is 13.8 Å². The summed E-state index contributed by atoms with van der Waals surface area (Å²) in [7, 11) is -3.60. The minimum absolute atomic E-state index is 0.0154. The van der Waals surface area contributed by atoms with Crippen molar-refractivity contribution in [2.24, 2.45) is 0 Å². The highest BCUT2D eigenvalue weighted by Crippen LogP contribution is 2.36. The van der Waals surface area contributed by atoms with E-state index >= 15 is 0 Å². The number of carboxylic acid groups (broad SMARTS) is 1. The number of H-pyrrole nitrogens is 1. The first-order chi connectivity index (χ1) is 15.7. The molecule has 170 valence electrons. The molecule has 0 fully saturated rings. The number of amides is 1. The van der Waals surface area contributed by atoms with E-state index in [-0.39, 0.29) is 23.0 Å². The van der Waals surface area contributed by atoms with Crippen molar-refractivity contribution in [3.8, 4) is 0 Å². The highest BCUT2D eigenvalue weighted by Gasteiger charge is 2.27. The number of aryl methyl sites for hydroxylation is 1. The molecule has 1 aliphatic rings. The van der Waals surface area contributed by atoms with Crippen molar-refractivity contribution in [2.75, 3.05) is 5.32 Å². The van der Waals surface area contributed by atoms with E-state index in [1.165, 1.54) is 12.1 Å². The highest BCUT2D eigenvalue weighted by atomic mass is 32.2. The number of nitrogens with one attached hydrogen (secondary N) is 2. The smallest absolute Gasteiger partial charge is 0.303 e. The number of carbonyl (C=O) groups is 2. The first-order valence-corrected chi connectivity index (χ1v) is 12.1. The number of carbonyl (C=O) groups excluding carboxylic acids is 1. The third kappa shape index (κ3) is 4.61. The van der Waals surface area contributed by atoms with E-state index in [4.69, 9.17) is 5.11 Å². The van der Waals surface area contributed by atoms with Gasteiger partial charge in [-0.3, -0.25) is 9.59 Å². The Kier molecular flexibility index (Phi) is 5.95. The third-order valence-electron chi connectivity index (χ3n) is 5.84. The molecule has 0 atom stereocenters. The average molecular weight is 465 g/mol. The number of aliphatic carboxylic acids is 1. The van der Waals surface area contributed by atoms with Gasteiger partial charge in [0.05, 0.1) is 16.2 Å². The van der Waals surface area contributed by atoms with E-state index in [9.17, 15) is 18.0 Å². The van der Waals surface area contributed by atoms with E-state index in [1.54, 1.807) is 36.4 Å². The number of anilines is 1. The number of aromatic nitrogens is 1. The Morgan fingerprint density at radius 1 is 1.09 bits per heavy atom. The molecule has 2 aromatic carbocycles. The summed E-state index contributed by atoms with van der Waals surface area (Å²) in [6.45, 7) is 3.74. The molecule has 3 aromatic rings. The molecule has 0 aliphatic carbocycles. The van der Waals surface area contributed by atoms with Crippen LogP contribution in [-0.2, 0) is 31.6 Å². The van der Waals surface area contributed by atoms with Gasteiger partial charge in [-0.05, 0) is 61.2 Å². The molecule has 8 heteroatoms. The highest BCUT2D eigenvalue weighted by molar-refractivity contribution is 7.90. The van der Waals surface area contributed by atoms with Crippen LogP contribution >= 0.6 is 0 Å². The number of benzene rings is 2. The fraction of sp³-hybridized carbons (Fsp3) is 0.200. The molecular weight excluding hydrogens is 440 g/mol. The van der Waals surface area contributed by atoms with Crippen molar-refractivity contribution < 1.29 is 23.1 Å². The standard InChI is InChI=1S/C25H24N2O5S/c1-15-19(9-11-24(28)29)16(2)26-23(15)13-21-20-12-18(8-10-22(20)27-25(21)30)33(31,32)14-17-6-4-3-5-7-17/h3-8,10,12-13,26H,9,11,14H2,1-2H3,(H,27,30)(H,28,29). The van der Waals surface area contributed by atoms with Crippen molar-refractivity contribution in [1.82, 2.24) is 4.98 Å². The third-order valence-corrected chi connectivity index (χ3v) is 7.53. The van der Waals surface area contributed by atoms with Crippen LogP contribution in [0.2, 0.25) is 0 Å². The number of hydrogen-bond acceptors (Lipinski definition) is 4. The Balaban J connectivity index is 1.70. The van der Waals surface area contributed by atoms with Gasteiger partial charge in [-0.15, -0.1) is 0 Å². The second-order valence-electron chi connectivity index (χ2n) is 8.13. The number of sulfone groups is 1. The summed E-state index contributed by atoms with van der Waals surface area (Å²) in [5.74, 6) is -1.32. The minimum atomic E-state index is -3.60. The van der Waals surface area contributed by atoms with Gasteiger partial charge in [0, 0.05) is 29.1 Å². The topological polar surface area (TPSA) is 116 Å². The van der Waals surface area contributed by atoms with Crippen LogP contribution in [0.3, 0.4) is 0 Å². The van der Waals surface area contributed by atoms with Crippen molar-refractivity contribution in [2.45, 2.75) is 37.3 Å². The lowest BCUT2D eigenvalue weighted by Crippen LogP contribution is -2.05. The lowest BCUT2D eigenvalue weighted by atomic mass is 10.0. The molecule has 7 nitrogen and oxygen atoms in total. The van der Waals surface area contributed by atoms with E-state index in [1.807, 2.05) is 19.9 Å². The Bertz CT molecular complexity index is 1390. The molecule has 33 heavy (non-hydrogen) atoms. The summed E-state index contributed by atoms with van der Waals surface area (Å²) < 4.78 is 26.0. The van der Waals surface area contributed by atoms with Gasteiger partial charge in [0.2, 0.25) is 0 Å². The molecule has 0 saturated heterocycles. The van der Waals surface area contributed by atoms with Crippen molar-refractivity contribution in [3.63, 3.8) is 0 Å². The summed E-state index contributed by atoms with van der Waals surface area (Å²) in [6.07, 6.45) is 2.10. The summed E-state index contributed by atoms with van der Waals surface area (Å²) in [5, 5.41) is 11.8. The van der Waals surface area contributed by atoms with E-state index < -0.39 is 15.8 Å². The molecule has 0 unspecified atom stereocenters. The van der Waals surface area contributed by atoms with Crippen molar-refractivity contribution >= 4 is 39.1 Å². The maximum atomic E-state index is 13.0. The van der Waals surface area contributed by atoms with Gasteiger partial charge in [0.1, 0.15) is 0 Å². The summed E-state index contributed by atoms with van der Waals surface area (Å²) in [5.41, 5.74) is 5.44. The maximum absolute atomic E-state index is 13.0. The van der Waals surface area contributed by atoms with Gasteiger partial charge < -0.3 is 15.4 Å². The number of carboxylic acids is 1. The van der Waals surface area contributed by atoms with Crippen LogP contribution in [0.15, 0.2) is 53.4 Å². The molecule has 0 bridgehead atoms. The van der Waals surface area contributed by atoms with Crippen LogP contribution in [0.1, 0.15) is 40.1 Å². The van der Waals surface area contributed by atoms with Crippen LogP contribution < -0.4 is 5.32 Å². The number of aromatic amines is 1. The quantitative estimate of drug-likeness (QED) is 0.455. The minimum Gasteiger partial charge on any atom is -0.481 e. The fourth-order valence-corrected chi connectivity index (χ4v) is 5.46. The second-order valence-corrected chi connectivity index (χ2v) is 10.1. The molecule has 2 heterocycles. The Morgan fingerprint density at radius 2 is 1.82 bits per heavy atom. The van der Waals surface area contributed by atoms with Crippen LogP contribution in [0.25, 0.3) is 11.6 Å². The predicted octanol–water partition coefficient (Wildman–Crippen LogP) is 4.12. The molecule has 0 spiro atoms. The molecule has 1 amide bonds. The number of rotatable bonds is 7. The van der Waals surface area contributed by atoms with Gasteiger partial charge in [0.15, 0.2) is 9.84 Å². The zero-order valence-corrected chi connectivity index (χ0v) is 19.1. The molecule has 1 aliphatic heterocycles. The monoisotopic (exact) mass is 464 g/mol. The fourth-order valence-electron chi connectivity index (χ4n) is 4.09. The molecular formula is C25H24N2O5S. The zero-order valence-electron chi connectivity index (χ0n) is 18.3. The Labute approximate surface area is 192 Å². The SMILES string of the molecule is Cc1[nH]c(C=C2C(=O)Nc3ccc(S(=O)(=O)Cc4ccccc4)cc32)c(C)c1CCC(=O)O. The first-order valence-electron chi connectivity index (χ1n) is 10.5. The van der Waals surface area contributed by atoms with Crippen LogP contribution in [-0.4, -0.2) is 30.4 Å². The van der Waals surface area contributed by atoms with E-state index in [0.29, 0.717) is 34.5 Å². The van der Waals surface area contributed by atoms with Crippen LogP contribution in [0.5, 0.6) is 0 Å². The first kappa shape index (κ1) is 22.5. The van der Waals surface area contributed by atoms with Gasteiger partial charge in [-0.2, -0.15) is 0 Å². The molecule has 4 rings (SSSR count).